The lowest BCUT2D eigenvalue weighted by Crippen LogP contribution is -2.02. The number of carbonyl (C=O) groups is 2. The van der Waals surface area contributed by atoms with Crippen molar-refractivity contribution in [3.8, 4) is 5.75 Å². The van der Waals surface area contributed by atoms with E-state index in [9.17, 15) is 9.59 Å². The molecular formula is C14H17ClO4. The SMILES string of the molecule is COc1ccc(Cl)cc1C(=O)CCCCCC(=O)O. The average Bonchev–Trinajstić information content (AvgIpc) is 2.37. The lowest BCUT2D eigenvalue weighted by molar-refractivity contribution is -0.137. The Morgan fingerprint density at radius 1 is 1.21 bits per heavy atom. The summed E-state index contributed by atoms with van der Waals surface area (Å²) in [4.78, 5) is 22.4. The van der Waals surface area contributed by atoms with Crippen molar-refractivity contribution in [1.82, 2.24) is 0 Å². The van der Waals surface area contributed by atoms with Crippen LogP contribution in [0.5, 0.6) is 5.75 Å². The summed E-state index contributed by atoms with van der Waals surface area (Å²) in [7, 11) is 1.51. The number of carboxylic acids is 1. The third-order valence-electron chi connectivity index (χ3n) is 2.76. The Bertz CT molecular complexity index is 457. The van der Waals surface area contributed by atoms with E-state index in [1.165, 1.54) is 7.11 Å². The molecule has 0 saturated heterocycles. The van der Waals surface area contributed by atoms with Crippen molar-refractivity contribution in [2.24, 2.45) is 0 Å². The van der Waals surface area contributed by atoms with E-state index >= 15 is 0 Å². The molecule has 0 aliphatic heterocycles. The van der Waals surface area contributed by atoms with Gasteiger partial charge in [-0.1, -0.05) is 18.0 Å². The number of unbranched alkanes of at least 4 members (excludes halogenated alkanes) is 2. The van der Waals surface area contributed by atoms with Crippen molar-refractivity contribution in [2.45, 2.75) is 32.1 Å². The number of aliphatic carboxylic acids is 1. The van der Waals surface area contributed by atoms with Crippen LogP contribution in [0.4, 0.5) is 0 Å². The molecule has 0 fully saturated rings. The summed E-state index contributed by atoms with van der Waals surface area (Å²) < 4.78 is 5.12. The molecule has 1 rings (SSSR count). The number of carbonyl (C=O) groups excluding carboxylic acids is 1. The highest BCUT2D eigenvalue weighted by molar-refractivity contribution is 6.31. The number of rotatable bonds is 8. The van der Waals surface area contributed by atoms with Crippen LogP contribution in [0.15, 0.2) is 18.2 Å². The molecule has 0 bridgehead atoms. The number of ketones is 1. The summed E-state index contributed by atoms with van der Waals surface area (Å²) in [6, 6.07) is 4.93. The fourth-order valence-corrected chi connectivity index (χ4v) is 1.94. The van der Waals surface area contributed by atoms with Crippen LogP contribution in [0.1, 0.15) is 42.5 Å². The quantitative estimate of drug-likeness (QED) is 0.585. The zero-order valence-electron chi connectivity index (χ0n) is 10.8. The second kappa shape index (κ2) is 7.79. The molecule has 5 heteroatoms. The molecule has 0 aromatic heterocycles. The van der Waals surface area contributed by atoms with Crippen molar-refractivity contribution in [2.75, 3.05) is 7.11 Å². The maximum absolute atomic E-state index is 12.0. The van der Waals surface area contributed by atoms with E-state index in [-0.39, 0.29) is 12.2 Å². The van der Waals surface area contributed by atoms with E-state index in [1.807, 2.05) is 0 Å². The number of Topliss-reactive ketones (excluding diaryl/α,β-unsaturated/α-hetero) is 1. The van der Waals surface area contributed by atoms with Gasteiger partial charge in [-0.2, -0.15) is 0 Å². The first-order chi connectivity index (χ1) is 9.04. The molecule has 0 amide bonds. The van der Waals surface area contributed by atoms with Gasteiger partial charge in [0.15, 0.2) is 5.78 Å². The van der Waals surface area contributed by atoms with Crippen molar-refractivity contribution in [3.63, 3.8) is 0 Å². The van der Waals surface area contributed by atoms with Gasteiger partial charge in [0.2, 0.25) is 0 Å². The first-order valence-electron chi connectivity index (χ1n) is 6.13. The summed E-state index contributed by atoms with van der Waals surface area (Å²) in [5.41, 5.74) is 0.480. The maximum Gasteiger partial charge on any atom is 0.303 e. The molecule has 0 spiro atoms. The second-order valence-corrected chi connectivity index (χ2v) is 4.66. The molecule has 19 heavy (non-hydrogen) atoms. The van der Waals surface area contributed by atoms with Gasteiger partial charge in [0.1, 0.15) is 5.75 Å². The van der Waals surface area contributed by atoms with Crippen LogP contribution in [0.3, 0.4) is 0 Å². The van der Waals surface area contributed by atoms with Crippen LogP contribution in [0, 0.1) is 0 Å². The molecule has 1 aromatic carbocycles. The minimum absolute atomic E-state index is 0.0327. The van der Waals surface area contributed by atoms with E-state index in [0.717, 1.165) is 6.42 Å². The van der Waals surface area contributed by atoms with Gasteiger partial charge in [-0.3, -0.25) is 9.59 Å². The first kappa shape index (κ1) is 15.5. The predicted octanol–water partition coefficient (Wildman–Crippen LogP) is 3.57. The highest BCUT2D eigenvalue weighted by Crippen LogP contribution is 2.24. The van der Waals surface area contributed by atoms with Crippen LogP contribution in [-0.4, -0.2) is 24.0 Å². The van der Waals surface area contributed by atoms with Crippen molar-refractivity contribution in [3.05, 3.63) is 28.8 Å². The molecule has 0 aliphatic rings. The number of methoxy groups -OCH3 is 1. The van der Waals surface area contributed by atoms with Crippen molar-refractivity contribution < 1.29 is 19.4 Å². The van der Waals surface area contributed by atoms with Gasteiger partial charge >= 0.3 is 5.97 Å². The topological polar surface area (TPSA) is 63.6 Å². The fraction of sp³-hybridized carbons (Fsp3) is 0.429. The maximum atomic E-state index is 12.0. The van der Waals surface area contributed by atoms with Gasteiger partial charge in [0.05, 0.1) is 12.7 Å². The molecule has 1 aromatic rings. The third-order valence-corrected chi connectivity index (χ3v) is 2.99. The van der Waals surface area contributed by atoms with E-state index in [2.05, 4.69) is 0 Å². The van der Waals surface area contributed by atoms with Gasteiger partial charge in [-0.25, -0.2) is 0 Å². The van der Waals surface area contributed by atoms with E-state index in [1.54, 1.807) is 18.2 Å². The Kier molecular flexibility index (Phi) is 6.36. The van der Waals surface area contributed by atoms with E-state index < -0.39 is 5.97 Å². The molecule has 0 heterocycles. The summed E-state index contributed by atoms with van der Waals surface area (Å²) in [6.07, 6.45) is 2.50. The third kappa shape index (κ3) is 5.30. The minimum Gasteiger partial charge on any atom is -0.496 e. The van der Waals surface area contributed by atoms with Gasteiger partial charge in [0.25, 0.3) is 0 Å². The van der Waals surface area contributed by atoms with Gasteiger partial charge < -0.3 is 9.84 Å². The Morgan fingerprint density at radius 3 is 2.53 bits per heavy atom. The van der Waals surface area contributed by atoms with Crippen LogP contribution in [-0.2, 0) is 4.79 Å². The predicted molar refractivity (Wildman–Crippen MR) is 73.1 cm³/mol. The Morgan fingerprint density at radius 2 is 1.89 bits per heavy atom. The normalized spacial score (nSPS) is 10.2. The molecule has 1 N–H and O–H groups in total. The number of halogens is 1. The molecule has 0 saturated carbocycles. The first-order valence-corrected chi connectivity index (χ1v) is 6.51. The molecular weight excluding hydrogens is 268 g/mol. The minimum atomic E-state index is -0.803. The summed E-state index contributed by atoms with van der Waals surface area (Å²) in [5, 5.41) is 9.00. The number of carboxylic acid groups (broad SMARTS) is 1. The Labute approximate surface area is 117 Å². The number of benzene rings is 1. The summed E-state index contributed by atoms with van der Waals surface area (Å²) >= 11 is 5.86. The zero-order chi connectivity index (χ0) is 14.3. The van der Waals surface area contributed by atoms with Crippen LogP contribution in [0.2, 0.25) is 5.02 Å². The monoisotopic (exact) mass is 284 g/mol. The highest BCUT2D eigenvalue weighted by atomic mass is 35.5. The Hall–Kier alpha value is -1.55. The largest absolute Gasteiger partial charge is 0.496 e. The number of ether oxygens (including phenoxy) is 1. The average molecular weight is 285 g/mol. The number of hydrogen-bond acceptors (Lipinski definition) is 3. The van der Waals surface area contributed by atoms with E-state index in [0.29, 0.717) is 35.6 Å². The lowest BCUT2D eigenvalue weighted by atomic mass is 10.0. The Balaban J connectivity index is 2.49. The smallest absolute Gasteiger partial charge is 0.303 e. The second-order valence-electron chi connectivity index (χ2n) is 4.22. The van der Waals surface area contributed by atoms with Gasteiger partial charge in [0, 0.05) is 17.9 Å². The fourth-order valence-electron chi connectivity index (χ4n) is 1.77. The molecule has 0 radical (unpaired) electrons. The highest BCUT2D eigenvalue weighted by Gasteiger charge is 2.12. The standard InChI is InChI=1S/C14H17ClO4/c1-19-13-8-7-10(15)9-11(13)12(16)5-3-2-4-6-14(17)18/h7-9H,2-6H2,1H3,(H,17,18). The summed E-state index contributed by atoms with van der Waals surface area (Å²) in [6.45, 7) is 0. The lowest BCUT2D eigenvalue weighted by Gasteiger charge is -2.07. The van der Waals surface area contributed by atoms with Crippen LogP contribution >= 0.6 is 11.6 Å². The number of hydrogen-bond donors (Lipinski definition) is 1. The van der Waals surface area contributed by atoms with Crippen LogP contribution in [0.25, 0.3) is 0 Å². The van der Waals surface area contributed by atoms with Gasteiger partial charge in [-0.05, 0) is 31.0 Å². The van der Waals surface area contributed by atoms with Crippen LogP contribution < -0.4 is 4.74 Å². The van der Waals surface area contributed by atoms with E-state index in [4.69, 9.17) is 21.4 Å². The van der Waals surface area contributed by atoms with Gasteiger partial charge in [-0.15, -0.1) is 0 Å². The molecule has 4 nitrogen and oxygen atoms in total. The van der Waals surface area contributed by atoms with Crippen molar-refractivity contribution >= 4 is 23.4 Å². The summed E-state index contributed by atoms with van der Waals surface area (Å²) in [5.74, 6) is -0.322. The molecule has 0 aliphatic carbocycles. The van der Waals surface area contributed by atoms with Crippen molar-refractivity contribution in [1.29, 1.82) is 0 Å². The molecule has 0 atom stereocenters. The molecule has 0 unspecified atom stereocenters. The molecule has 104 valence electrons. The zero-order valence-corrected chi connectivity index (χ0v) is 11.6.